The smallest absolute Gasteiger partial charge is 0.263 e. The van der Waals surface area contributed by atoms with Crippen LogP contribution in [0.4, 0.5) is 5.69 Å². The number of carbonyl (C=O) groups excluding carboxylic acids is 1. The van der Waals surface area contributed by atoms with Crippen molar-refractivity contribution in [3.63, 3.8) is 0 Å². The van der Waals surface area contributed by atoms with Crippen LogP contribution in [0.5, 0.6) is 0 Å². The van der Waals surface area contributed by atoms with Gasteiger partial charge in [0.1, 0.15) is 5.71 Å². The third kappa shape index (κ3) is 5.64. The molecule has 5 nitrogen and oxygen atoms in total. The highest BCUT2D eigenvalue weighted by molar-refractivity contribution is 6.40. The summed E-state index contributed by atoms with van der Waals surface area (Å²) >= 11 is 18.5. The first-order valence-corrected chi connectivity index (χ1v) is 10.8. The highest BCUT2D eigenvalue weighted by atomic mass is 35.5. The Morgan fingerprint density at radius 3 is 2.55 bits per heavy atom. The zero-order chi connectivity index (χ0) is 20.8. The minimum Gasteiger partial charge on any atom is -0.263 e. The maximum absolute atomic E-state index is 12.6. The van der Waals surface area contributed by atoms with Crippen LogP contribution in [0, 0.1) is 0 Å². The second kappa shape index (κ2) is 10.3. The number of nitrogens with zero attached hydrogens (tertiary/aromatic N) is 2. The van der Waals surface area contributed by atoms with Gasteiger partial charge in [-0.3, -0.25) is 9.80 Å². The molecular weight excluding hydrogens is 431 g/mol. The van der Waals surface area contributed by atoms with Gasteiger partial charge in [-0.25, -0.2) is 5.43 Å². The zero-order valence-corrected chi connectivity index (χ0v) is 18.4. The normalized spacial score (nSPS) is 16.1. The Kier molecular flexibility index (Phi) is 7.78. The molecule has 0 aromatic heterocycles. The third-order valence-corrected chi connectivity index (χ3v) is 5.56. The van der Waals surface area contributed by atoms with Crippen molar-refractivity contribution in [1.29, 1.82) is 0 Å². The molecular formula is C21H24Cl3N4O+. The Bertz CT molecular complexity index is 886. The summed E-state index contributed by atoms with van der Waals surface area (Å²) in [5.41, 5.74) is 6.84. The lowest BCUT2D eigenvalue weighted by atomic mass is 10.0. The molecule has 3 rings (SSSR count). The summed E-state index contributed by atoms with van der Waals surface area (Å²) in [5, 5.41) is 8.07. The van der Waals surface area contributed by atoms with Gasteiger partial charge in [0.15, 0.2) is 0 Å². The van der Waals surface area contributed by atoms with Gasteiger partial charge in [-0.05, 0) is 48.7 Å². The Balaban J connectivity index is 1.81. The topological polar surface area (TPSA) is 61.3 Å². The highest BCUT2D eigenvalue weighted by Crippen LogP contribution is 2.39. The van der Waals surface area contributed by atoms with Crippen molar-refractivity contribution in [2.45, 2.75) is 38.6 Å². The number of hydrazone groups is 1. The van der Waals surface area contributed by atoms with E-state index in [0.717, 1.165) is 31.4 Å². The predicted octanol–water partition coefficient (Wildman–Crippen LogP) is 4.74. The van der Waals surface area contributed by atoms with E-state index in [9.17, 15) is 4.79 Å². The number of hydrogen-bond acceptors (Lipinski definition) is 3. The molecule has 0 aliphatic carbocycles. The summed E-state index contributed by atoms with van der Waals surface area (Å²) in [7, 11) is 0. The molecule has 1 amide bonds. The van der Waals surface area contributed by atoms with Crippen molar-refractivity contribution in [3.8, 4) is 0 Å². The van der Waals surface area contributed by atoms with Crippen molar-refractivity contribution in [2.75, 3.05) is 11.6 Å². The lowest BCUT2D eigenvalue weighted by molar-refractivity contribution is -0.698. The molecule has 0 saturated carbocycles. The number of hydrogen-bond donors (Lipinski definition) is 2. The molecule has 3 N–H and O–H groups in total. The molecule has 0 fully saturated rings. The van der Waals surface area contributed by atoms with Crippen LogP contribution in [-0.2, 0) is 4.79 Å². The Morgan fingerprint density at radius 2 is 1.86 bits per heavy atom. The first kappa shape index (κ1) is 21.9. The number of amides is 1. The largest absolute Gasteiger partial charge is 0.312 e. The summed E-state index contributed by atoms with van der Waals surface area (Å²) in [6, 6.07) is 12.6. The predicted molar refractivity (Wildman–Crippen MR) is 120 cm³/mol. The van der Waals surface area contributed by atoms with Crippen LogP contribution in [-0.4, -0.2) is 18.2 Å². The molecule has 8 heteroatoms. The van der Waals surface area contributed by atoms with Crippen molar-refractivity contribution >= 4 is 52.1 Å². The van der Waals surface area contributed by atoms with E-state index in [1.807, 2.05) is 35.8 Å². The van der Waals surface area contributed by atoms with Crippen molar-refractivity contribution in [3.05, 3.63) is 63.1 Å². The van der Waals surface area contributed by atoms with Crippen LogP contribution >= 0.6 is 34.8 Å². The van der Waals surface area contributed by atoms with Gasteiger partial charge in [0.2, 0.25) is 0 Å². The number of quaternary nitrogens is 1. The van der Waals surface area contributed by atoms with Gasteiger partial charge in [0.25, 0.3) is 0 Å². The average molecular weight is 455 g/mol. The number of unbranched alkanes of at least 4 members (excludes halogenated alkanes) is 2. The quantitative estimate of drug-likeness (QED) is 0.262. The second-order valence-corrected chi connectivity index (χ2v) is 8.21. The van der Waals surface area contributed by atoms with Gasteiger partial charge in [-0.2, -0.15) is 10.5 Å². The molecule has 1 unspecified atom stereocenters. The number of anilines is 1. The van der Waals surface area contributed by atoms with E-state index in [1.165, 1.54) is 0 Å². The molecule has 1 aliphatic rings. The Morgan fingerprint density at radius 1 is 1.14 bits per heavy atom. The minimum absolute atomic E-state index is 0.160. The number of halogens is 3. The molecule has 0 radical (unpaired) electrons. The Labute approximate surface area is 186 Å². The molecule has 29 heavy (non-hydrogen) atoms. The lowest BCUT2D eigenvalue weighted by Gasteiger charge is -2.25. The number of nitrogens with two attached hydrogens (primary N) is 1. The number of benzene rings is 2. The summed E-state index contributed by atoms with van der Waals surface area (Å²) in [6.07, 6.45) is 3.82. The fraction of sp³-hybridized carbons (Fsp3) is 0.333. The number of carbonyl (C=O) groups is 1. The molecule has 0 bridgehead atoms. The fourth-order valence-corrected chi connectivity index (χ4v) is 3.85. The number of nitrogens with one attached hydrogen (secondary N) is 1. The van der Waals surface area contributed by atoms with Gasteiger partial charge in [0.05, 0.1) is 23.3 Å². The molecule has 0 saturated heterocycles. The first-order chi connectivity index (χ1) is 14.0. The van der Waals surface area contributed by atoms with Crippen LogP contribution in [0.1, 0.15) is 44.2 Å². The Hall–Kier alpha value is -1.79. The standard InChI is InChI=1S/C21H23Cl3N4O/c1-2-3-4-11-25-26-21(29)18-13-20(14-5-7-15(22)8-6-14)28(27-18)19-10-9-16(23)12-17(19)24/h5-10,12,20,25H,2-4,11,13H2,1H3,(H,26,29)/p+1. The van der Waals surface area contributed by atoms with E-state index in [-0.39, 0.29) is 11.9 Å². The van der Waals surface area contributed by atoms with Crippen molar-refractivity contribution in [2.24, 2.45) is 5.10 Å². The maximum atomic E-state index is 12.6. The fourth-order valence-electron chi connectivity index (χ4n) is 3.23. The van der Waals surface area contributed by atoms with E-state index < -0.39 is 0 Å². The van der Waals surface area contributed by atoms with E-state index in [4.69, 9.17) is 34.8 Å². The van der Waals surface area contributed by atoms with Crippen molar-refractivity contribution in [1.82, 2.24) is 5.43 Å². The van der Waals surface area contributed by atoms with Crippen LogP contribution in [0.2, 0.25) is 15.1 Å². The monoisotopic (exact) mass is 453 g/mol. The van der Waals surface area contributed by atoms with Crippen LogP contribution in [0.15, 0.2) is 47.6 Å². The van der Waals surface area contributed by atoms with Crippen molar-refractivity contribution < 1.29 is 10.2 Å². The molecule has 154 valence electrons. The first-order valence-electron chi connectivity index (χ1n) is 9.69. The summed E-state index contributed by atoms with van der Waals surface area (Å²) in [5.74, 6) is -0.187. The second-order valence-electron chi connectivity index (χ2n) is 6.93. The van der Waals surface area contributed by atoms with E-state index in [0.29, 0.717) is 32.9 Å². The molecule has 0 spiro atoms. The molecule has 1 atom stereocenters. The van der Waals surface area contributed by atoms with Gasteiger partial charge in [-0.15, -0.1) is 0 Å². The van der Waals surface area contributed by atoms with Gasteiger partial charge in [-0.1, -0.05) is 60.3 Å². The lowest BCUT2D eigenvalue weighted by Crippen LogP contribution is -2.94. The molecule has 2 aromatic carbocycles. The zero-order valence-electron chi connectivity index (χ0n) is 16.2. The van der Waals surface area contributed by atoms with Crippen LogP contribution in [0.3, 0.4) is 0 Å². The molecule has 1 heterocycles. The van der Waals surface area contributed by atoms with Gasteiger partial charge in [0, 0.05) is 16.5 Å². The van der Waals surface area contributed by atoms with Gasteiger partial charge < -0.3 is 0 Å². The van der Waals surface area contributed by atoms with Crippen LogP contribution < -0.4 is 15.9 Å². The summed E-state index contributed by atoms with van der Waals surface area (Å²) < 4.78 is 0. The maximum Gasteiger partial charge on any atom is 0.312 e. The van der Waals surface area contributed by atoms with E-state index in [1.54, 1.807) is 17.1 Å². The SMILES string of the molecule is CCCCC[NH2+]NC(=O)C1=NN(c2ccc(Cl)cc2Cl)C(c2ccc(Cl)cc2)C1. The number of rotatable bonds is 8. The molecule has 2 aromatic rings. The van der Waals surface area contributed by atoms with E-state index >= 15 is 0 Å². The molecule has 1 aliphatic heterocycles. The van der Waals surface area contributed by atoms with E-state index in [2.05, 4.69) is 17.5 Å². The highest BCUT2D eigenvalue weighted by Gasteiger charge is 2.33. The van der Waals surface area contributed by atoms with Crippen LogP contribution in [0.25, 0.3) is 0 Å². The third-order valence-electron chi connectivity index (χ3n) is 4.77. The average Bonchev–Trinajstić information content (AvgIpc) is 3.13. The minimum atomic E-state index is -0.187. The summed E-state index contributed by atoms with van der Waals surface area (Å²) in [4.78, 5) is 12.6. The summed E-state index contributed by atoms with van der Waals surface area (Å²) in [6.45, 7) is 3.00. The van der Waals surface area contributed by atoms with Gasteiger partial charge >= 0.3 is 5.91 Å².